The average molecular weight is 605 g/mol. The average Bonchev–Trinajstić information content (AvgIpc) is 3.31. The fourth-order valence-corrected chi connectivity index (χ4v) is 4.92. The Labute approximate surface area is 244 Å². The van der Waals surface area contributed by atoms with Crippen molar-refractivity contribution in [3.05, 3.63) is 91.3 Å². The lowest BCUT2D eigenvalue weighted by atomic mass is 9.81. The van der Waals surface area contributed by atoms with E-state index in [0.29, 0.717) is 17.5 Å². The molecule has 0 spiro atoms. The summed E-state index contributed by atoms with van der Waals surface area (Å²) < 4.78 is 41.4. The predicted octanol–water partition coefficient (Wildman–Crippen LogP) is 3.84. The van der Waals surface area contributed by atoms with Crippen molar-refractivity contribution in [2.75, 3.05) is 13.2 Å². The van der Waals surface area contributed by atoms with E-state index in [0.717, 1.165) is 4.57 Å². The van der Waals surface area contributed by atoms with Gasteiger partial charge in [-0.15, -0.1) is 0 Å². The van der Waals surface area contributed by atoms with Gasteiger partial charge in [-0.05, 0) is 55.7 Å². The normalized spacial score (nSPS) is 13.2. The molecule has 10 nitrogen and oxygen atoms in total. The molecule has 0 aliphatic heterocycles. The summed E-state index contributed by atoms with van der Waals surface area (Å²) in [6.45, 7) is 3.48. The van der Waals surface area contributed by atoms with Gasteiger partial charge in [0, 0.05) is 38.7 Å². The van der Waals surface area contributed by atoms with Crippen molar-refractivity contribution in [1.29, 1.82) is 0 Å². The Bertz CT molecular complexity index is 1730. The Kier molecular flexibility index (Phi) is 8.88. The van der Waals surface area contributed by atoms with E-state index in [-0.39, 0.29) is 61.0 Å². The summed E-state index contributed by atoms with van der Waals surface area (Å²) in [5, 5.41) is 9.83. The number of benzene rings is 2. The molecule has 4 rings (SSSR count). The standard InChI is InChI=1S/C29H31ClF2N4O6/c1-5-41-26(39)28(2,19-8-6-9-21(16-19)42-29(3,31)32)25-33-23-22(36(25)17-18-10-12-20(30)13-11-18)24(38)35(14-7-15-37)27(40)34(23)4/h6,8-13,16,37H,5,7,14-15,17H2,1-4H3. The van der Waals surface area contributed by atoms with Crippen LogP contribution >= 0.6 is 11.6 Å². The van der Waals surface area contributed by atoms with Gasteiger partial charge in [-0.3, -0.25) is 18.7 Å². The first-order valence-electron chi connectivity index (χ1n) is 13.2. The number of hydrogen-bond donors (Lipinski definition) is 1. The van der Waals surface area contributed by atoms with Crippen LogP contribution < -0.4 is 16.0 Å². The number of aliphatic hydroxyl groups excluding tert-OH is 1. The van der Waals surface area contributed by atoms with Crippen LogP contribution in [-0.4, -0.2) is 49.1 Å². The van der Waals surface area contributed by atoms with E-state index >= 15 is 0 Å². The summed E-state index contributed by atoms with van der Waals surface area (Å²) in [5.41, 5.74) is -2.11. The van der Waals surface area contributed by atoms with Gasteiger partial charge in [0.2, 0.25) is 0 Å². The number of aromatic nitrogens is 4. The number of halogens is 3. The molecule has 2 aromatic carbocycles. The first kappa shape index (κ1) is 30.9. The van der Waals surface area contributed by atoms with Crippen LogP contribution in [0.1, 0.15) is 44.1 Å². The van der Waals surface area contributed by atoms with Crippen molar-refractivity contribution in [2.24, 2.45) is 7.05 Å². The number of carbonyl (C=O) groups is 1. The second-order valence-corrected chi connectivity index (χ2v) is 10.4. The summed E-state index contributed by atoms with van der Waals surface area (Å²) in [4.78, 5) is 45.4. The monoisotopic (exact) mass is 604 g/mol. The second kappa shape index (κ2) is 12.1. The van der Waals surface area contributed by atoms with E-state index in [4.69, 9.17) is 21.1 Å². The minimum Gasteiger partial charge on any atom is -0.465 e. The number of nitrogens with zero attached hydrogens (tertiary/aromatic N) is 4. The van der Waals surface area contributed by atoms with E-state index in [1.807, 2.05) is 0 Å². The van der Waals surface area contributed by atoms with Gasteiger partial charge in [-0.1, -0.05) is 35.9 Å². The Morgan fingerprint density at radius 1 is 1.10 bits per heavy atom. The molecule has 13 heteroatoms. The summed E-state index contributed by atoms with van der Waals surface area (Å²) in [6, 6.07) is 12.4. The zero-order valence-corrected chi connectivity index (χ0v) is 24.3. The van der Waals surface area contributed by atoms with Crippen molar-refractivity contribution in [3.8, 4) is 5.75 Å². The predicted molar refractivity (Wildman–Crippen MR) is 152 cm³/mol. The molecule has 0 aliphatic rings. The maximum atomic E-state index is 13.8. The minimum atomic E-state index is -3.49. The zero-order valence-electron chi connectivity index (χ0n) is 23.6. The number of imidazole rings is 1. The molecule has 0 saturated heterocycles. The quantitative estimate of drug-likeness (QED) is 0.259. The van der Waals surface area contributed by atoms with Gasteiger partial charge in [-0.2, -0.15) is 8.78 Å². The number of aliphatic hydroxyl groups is 1. The summed E-state index contributed by atoms with van der Waals surface area (Å²) in [5.74, 6) is -0.920. The lowest BCUT2D eigenvalue weighted by Crippen LogP contribution is -2.40. The van der Waals surface area contributed by atoms with Crippen LogP contribution in [0.2, 0.25) is 5.02 Å². The highest BCUT2D eigenvalue weighted by Gasteiger charge is 2.44. The molecular weight excluding hydrogens is 574 g/mol. The molecule has 2 aromatic heterocycles. The van der Waals surface area contributed by atoms with Gasteiger partial charge in [-0.25, -0.2) is 9.78 Å². The minimum absolute atomic E-state index is 0.00150. The van der Waals surface area contributed by atoms with Crippen molar-refractivity contribution in [1.82, 2.24) is 18.7 Å². The highest BCUT2D eigenvalue weighted by atomic mass is 35.5. The second-order valence-electron chi connectivity index (χ2n) is 9.98. The van der Waals surface area contributed by atoms with Crippen LogP contribution in [0.3, 0.4) is 0 Å². The Hall–Kier alpha value is -4.03. The number of ether oxygens (including phenoxy) is 2. The topological polar surface area (TPSA) is 118 Å². The SMILES string of the molecule is CCOC(=O)C(C)(c1cccc(OC(C)(F)F)c1)c1nc2c(c(=O)n(CCCO)c(=O)n2C)n1Cc1ccc(Cl)cc1. The molecule has 0 fully saturated rings. The molecule has 1 atom stereocenters. The fraction of sp³-hybridized carbons (Fsp3) is 0.379. The molecule has 0 saturated carbocycles. The number of rotatable bonds is 11. The van der Waals surface area contributed by atoms with Crippen LogP contribution in [0.5, 0.6) is 5.75 Å². The molecule has 42 heavy (non-hydrogen) atoms. The summed E-state index contributed by atoms with van der Waals surface area (Å²) in [7, 11) is 1.45. The number of fused-ring (bicyclic) bond motifs is 1. The van der Waals surface area contributed by atoms with Crippen LogP contribution in [0.4, 0.5) is 8.78 Å². The molecule has 4 aromatic rings. The smallest absolute Gasteiger partial charge is 0.394 e. The largest absolute Gasteiger partial charge is 0.465 e. The van der Waals surface area contributed by atoms with Gasteiger partial charge in [0.25, 0.3) is 5.56 Å². The van der Waals surface area contributed by atoms with Crippen LogP contribution in [0, 0.1) is 0 Å². The summed E-state index contributed by atoms with van der Waals surface area (Å²) >= 11 is 6.08. The Balaban J connectivity index is 2.09. The Morgan fingerprint density at radius 3 is 2.40 bits per heavy atom. The van der Waals surface area contributed by atoms with Crippen molar-refractivity contribution in [3.63, 3.8) is 0 Å². The van der Waals surface area contributed by atoms with Crippen molar-refractivity contribution in [2.45, 2.75) is 51.8 Å². The third kappa shape index (κ3) is 5.95. The molecule has 0 aliphatic carbocycles. The van der Waals surface area contributed by atoms with Gasteiger partial charge in [0.1, 0.15) is 17.0 Å². The third-order valence-electron chi connectivity index (χ3n) is 6.87. The molecule has 0 amide bonds. The van der Waals surface area contributed by atoms with Gasteiger partial charge in [0.05, 0.1) is 6.61 Å². The zero-order chi connectivity index (χ0) is 30.8. The first-order valence-corrected chi connectivity index (χ1v) is 13.6. The first-order chi connectivity index (χ1) is 19.8. The molecule has 2 heterocycles. The number of hydrogen-bond acceptors (Lipinski definition) is 7. The van der Waals surface area contributed by atoms with E-state index < -0.39 is 28.7 Å². The van der Waals surface area contributed by atoms with Crippen molar-refractivity contribution >= 4 is 28.7 Å². The van der Waals surface area contributed by atoms with E-state index in [1.54, 1.807) is 37.3 Å². The van der Waals surface area contributed by atoms with Gasteiger partial charge >= 0.3 is 17.8 Å². The third-order valence-corrected chi connectivity index (χ3v) is 7.12. The molecular formula is C29H31ClF2N4O6. The highest BCUT2D eigenvalue weighted by molar-refractivity contribution is 6.30. The molecule has 1 unspecified atom stereocenters. The fourth-order valence-electron chi connectivity index (χ4n) is 4.80. The highest BCUT2D eigenvalue weighted by Crippen LogP contribution is 2.37. The van der Waals surface area contributed by atoms with E-state index in [1.165, 1.54) is 41.3 Å². The lowest BCUT2D eigenvalue weighted by molar-refractivity contribution is -0.159. The number of aryl methyl sites for hydroxylation is 1. The number of carbonyl (C=O) groups excluding carboxylic acids is 1. The lowest BCUT2D eigenvalue weighted by Gasteiger charge is -2.28. The summed E-state index contributed by atoms with van der Waals surface area (Å²) in [6.07, 6.45) is -3.33. The van der Waals surface area contributed by atoms with Crippen LogP contribution in [-0.2, 0) is 35.1 Å². The Morgan fingerprint density at radius 2 is 1.79 bits per heavy atom. The van der Waals surface area contributed by atoms with Crippen molar-refractivity contribution < 1.29 is 28.2 Å². The number of alkyl halides is 2. The maximum Gasteiger partial charge on any atom is 0.394 e. The molecule has 1 N–H and O–H groups in total. The molecule has 0 bridgehead atoms. The van der Waals surface area contributed by atoms with Gasteiger partial charge in [0.15, 0.2) is 11.2 Å². The molecule has 224 valence electrons. The van der Waals surface area contributed by atoms with E-state index in [9.17, 15) is 28.3 Å². The van der Waals surface area contributed by atoms with Crippen LogP contribution in [0.25, 0.3) is 11.2 Å². The number of esters is 1. The van der Waals surface area contributed by atoms with E-state index in [2.05, 4.69) is 4.98 Å². The maximum absolute atomic E-state index is 13.8. The van der Waals surface area contributed by atoms with Crippen LogP contribution in [0.15, 0.2) is 58.1 Å². The van der Waals surface area contributed by atoms with Gasteiger partial charge < -0.3 is 19.1 Å². The molecule has 0 radical (unpaired) electrons.